The molecule has 1 aromatic heterocycles. The number of hydrogen-bond donors (Lipinski definition) is 1. The molecule has 0 fully saturated rings. The van der Waals surface area contributed by atoms with Gasteiger partial charge in [0.2, 0.25) is 0 Å². The van der Waals surface area contributed by atoms with Crippen molar-refractivity contribution < 1.29 is 0 Å². The summed E-state index contributed by atoms with van der Waals surface area (Å²) in [7, 11) is 0. The maximum absolute atomic E-state index is 6.27. The molecule has 0 aliphatic carbocycles. The third-order valence-corrected chi connectivity index (χ3v) is 4.21. The molecule has 3 nitrogen and oxygen atoms in total. The predicted molar refractivity (Wildman–Crippen MR) is 89.2 cm³/mol. The van der Waals surface area contributed by atoms with Crippen molar-refractivity contribution in [2.45, 2.75) is 39.3 Å². The van der Waals surface area contributed by atoms with Crippen molar-refractivity contribution in [1.82, 2.24) is 15.1 Å². The highest BCUT2D eigenvalue weighted by Gasteiger charge is 2.15. The van der Waals surface area contributed by atoms with E-state index in [1.807, 2.05) is 29.1 Å². The highest BCUT2D eigenvalue weighted by atomic mass is 35.5. The summed E-state index contributed by atoms with van der Waals surface area (Å²) in [6.07, 6.45) is 5.75. The first kappa shape index (κ1) is 16.3. The number of halogens is 2. The lowest BCUT2D eigenvalue weighted by molar-refractivity contribution is 0.521. The molecule has 2 aromatic rings. The molecule has 0 saturated heterocycles. The number of hydrogen-bond acceptors (Lipinski definition) is 2. The summed E-state index contributed by atoms with van der Waals surface area (Å²) in [6, 6.07) is 5.95. The third-order valence-electron chi connectivity index (χ3n) is 3.50. The minimum absolute atomic E-state index is 0.293. The minimum Gasteiger partial charge on any atom is -0.314 e. The van der Waals surface area contributed by atoms with Gasteiger partial charge in [-0.3, -0.25) is 4.68 Å². The summed E-state index contributed by atoms with van der Waals surface area (Å²) < 4.78 is 1.95. The van der Waals surface area contributed by atoms with Crippen molar-refractivity contribution in [3.8, 4) is 0 Å². The fourth-order valence-electron chi connectivity index (χ4n) is 2.45. The van der Waals surface area contributed by atoms with Gasteiger partial charge in [0.25, 0.3) is 0 Å². The van der Waals surface area contributed by atoms with Gasteiger partial charge < -0.3 is 5.32 Å². The van der Waals surface area contributed by atoms with E-state index in [0.717, 1.165) is 41.5 Å². The minimum atomic E-state index is 0.293. The van der Waals surface area contributed by atoms with Crippen molar-refractivity contribution in [3.05, 3.63) is 51.8 Å². The summed E-state index contributed by atoms with van der Waals surface area (Å²) in [6.45, 7) is 6.00. The molecule has 1 N–H and O–H groups in total. The molecule has 0 saturated carbocycles. The highest BCUT2D eigenvalue weighted by molar-refractivity contribution is 6.36. The molecule has 1 atom stereocenters. The van der Waals surface area contributed by atoms with Gasteiger partial charge in [-0.15, -0.1) is 0 Å². The second-order valence-electron chi connectivity index (χ2n) is 5.07. The Kier molecular flexibility index (Phi) is 6.09. The van der Waals surface area contributed by atoms with Crippen LogP contribution in [0.4, 0.5) is 0 Å². The van der Waals surface area contributed by atoms with Gasteiger partial charge in [-0.2, -0.15) is 5.10 Å². The SMILES string of the molecule is CCNC(Cc1cnn(CC)c1)Cc1c(Cl)cccc1Cl. The monoisotopic (exact) mass is 325 g/mol. The molecule has 5 heteroatoms. The second-order valence-corrected chi connectivity index (χ2v) is 5.88. The first-order valence-electron chi connectivity index (χ1n) is 7.31. The smallest absolute Gasteiger partial charge is 0.0522 e. The summed E-state index contributed by atoms with van der Waals surface area (Å²) >= 11 is 12.5. The van der Waals surface area contributed by atoms with Gasteiger partial charge in [0.05, 0.1) is 6.20 Å². The van der Waals surface area contributed by atoms with Gasteiger partial charge in [-0.25, -0.2) is 0 Å². The van der Waals surface area contributed by atoms with Crippen LogP contribution in [0.1, 0.15) is 25.0 Å². The lowest BCUT2D eigenvalue weighted by Crippen LogP contribution is -2.33. The van der Waals surface area contributed by atoms with Gasteiger partial charge in [0.15, 0.2) is 0 Å². The standard InChI is InChI=1S/C16H21Cl2N3/c1-3-19-13(8-12-10-20-21(4-2)11-12)9-14-15(17)6-5-7-16(14)18/h5-7,10-11,13,19H,3-4,8-9H2,1-2H3. The Labute approximate surface area is 136 Å². The molecule has 1 aromatic carbocycles. The zero-order valence-electron chi connectivity index (χ0n) is 12.4. The first-order valence-corrected chi connectivity index (χ1v) is 8.07. The predicted octanol–water partition coefficient (Wildman–Crippen LogP) is 3.97. The van der Waals surface area contributed by atoms with E-state index < -0.39 is 0 Å². The average molecular weight is 326 g/mol. The molecular weight excluding hydrogens is 305 g/mol. The van der Waals surface area contributed by atoms with Crippen LogP contribution in [0.25, 0.3) is 0 Å². The van der Waals surface area contributed by atoms with Crippen LogP contribution in [0, 0.1) is 0 Å². The van der Waals surface area contributed by atoms with Gasteiger partial charge in [-0.1, -0.05) is 36.2 Å². The Morgan fingerprint density at radius 1 is 1.19 bits per heavy atom. The Balaban J connectivity index is 2.11. The number of benzene rings is 1. The zero-order valence-corrected chi connectivity index (χ0v) is 14.0. The van der Waals surface area contributed by atoms with Crippen LogP contribution < -0.4 is 5.32 Å². The number of aromatic nitrogens is 2. The van der Waals surface area contributed by atoms with Crippen LogP contribution in [-0.4, -0.2) is 22.4 Å². The topological polar surface area (TPSA) is 29.9 Å². The summed E-state index contributed by atoms with van der Waals surface area (Å²) in [5, 5.41) is 9.30. The Morgan fingerprint density at radius 3 is 2.48 bits per heavy atom. The molecule has 0 aliphatic heterocycles. The van der Waals surface area contributed by atoms with Crippen LogP contribution in [0.2, 0.25) is 10.0 Å². The second kappa shape index (κ2) is 7.83. The van der Waals surface area contributed by atoms with Gasteiger partial charge in [-0.05, 0) is 49.6 Å². The van der Waals surface area contributed by atoms with Crippen molar-refractivity contribution >= 4 is 23.2 Å². The van der Waals surface area contributed by atoms with Gasteiger partial charge in [0, 0.05) is 28.8 Å². The van der Waals surface area contributed by atoms with Crippen LogP contribution in [0.3, 0.4) is 0 Å². The van der Waals surface area contributed by atoms with Crippen LogP contribution in [-0.2, 0) is 19.4 Å². The lowest BCUT2D eigenvalue weighted by Gasteiger charge is -2.18. The van der Waals surface area contributed by atoms with E-state index in [4.69, 9.17) is 23.2 Å². The third kappa shape index (κ3) is 4.47. The summed E-state index contributed by atoms with van der Waals surface area (Å²) in [4.78, 5) is 0. The van der Waals surface area contributed by atoms with Crippen LogP contribution >= 0.6 is 23.2 Å². The largest absolute Gasteiger partial charge is 0.314 e. The fraction of sp³-hybridized carbons (Fsp3) is 0.438. The van der Waals surface area contributed by atoms with E-state index in [1.54, 1.807) is 0 Å². The number of aryl methyl sites for hydroxylation is 1. The molecule has 0 radical (unpaired) electrons. The molecule has 2 rings (SSSR count). The molecule has 21 heavy (non-hydrogen) atoms. The normalized spacial score (nSPS) is 12.6. The van der Waals surface area contributed by atoms with Crippen LogP contribution in [0.15, 0.2) is 30.6 Å². The zero-order chi connectivity index (χ0) is 15.2. The Morgan fingerprint density at radius 2 is 1.90 bits per heavy atom. The number of nitrogens with zero attached hydrogens (tertiary/aromatic N) is 2. The van der Waals surface area contributed by atoms with Gasteiger partial charge in [0.1, 0.15) is 0 Å². The number of nitrogens with one attached hydrogen (secondary N) is 1. The molecule has 1 unspecified atom stereocenters. The quantitative estimate of drug-likeness (QED) is 0.834. The molecule has 0 aliphatic rings. The van der Waals surface area contributed by atoms with E-state index >= 15 is 0 Å². The summed E-state index contributed by atoms with van der Waals surface area (Å²) in [5.74, 6) is 0. The Hall–Kier alpha value is -1.03. The van der Waals surface area contributed by atoms with E-state index in [9.17, 15) is 0 Å². The average Bonchev–Trinajstić information content (AvgIpc) is 2.91. The van der Waals surface area contributed by atoms with Gasteiger partial charge >= 0.3 is 0 Å². The molecule has 0 spiro atoms. The maximum atomic E-state index is 6.27. The van der Waals surface area contributed by atoms with Crippen molar-refractivity contribution in [2.75, 3.05) is 6.54 Å². The molecule has 1 heterocycles. The fourth-order valence-corrected chi connectivity index (χ4v) is 3.00. The summed E-state index contributed by atoms with van der Waals surface area (Å²) in [5.41, 5.74) is 2.24. The van der Waals surface area contributed by atoms with Crippen molar-refractivity contribution in [3.63, 3.8) is 0 Å². The maximum Gasteiger partial charge on any atom is 0.0522 e. The lowest BCUT2D eigenvalue weighted by atomic mass is 10.0. The van der Waals surface area contributed by atoms with Crippen molar-refractivity contribution in [2.24, 2.45) is 0 Å². The van der Waals surface area contributed by atoms with E-state index in [2.05, 4.69) is 30.5 Å². The molecule has 0 bridgehead atoms. The van der Waals surface area contributed by atoms with Crippen molar-refractivity contribution in [1.29, 1.82) is 0 Å². The molecule has 114 valence electrons. The highest BCUT2D eigenvalue weighted by Crippen LogP contribution is 2.26. The van der Waals surface area contributed by atoms with E-state index in [1.165, 1.54) is 5.56 Å². The van der Waals surface area contributed by atoms with E-state index in [0.29, 0.717) is 6.04 Å². The first-order chi connectivity index (χ1) is 10.1. The van der Waals surface area contributed by atoms with E-state index in [-0.39, 0.29) is 0 Å². The van der Waals surface area contributed by atoms with Crippen LogP contribution in [0.5, 0.6) is 0 Å². The Bertz CT molecular complexity index is 560. The molecule has 0 amide bonds. The number of rotatable bonds is 7. The number of likely N-dealkylation sites (N-methyl/N-ethyl adjacent to an activating group) is 1. The molecular formula is C16H21Cl2N3.